The lowest BCUT2D eigenvalue weighted by atomic mass is 9.80. The second-order valence-corrected chi connectivity index (χ2v) is 7.55. The molecule has 1 aliphatic heterocycles. The molecule has 1 saturated heterocycles. The lowest BCUT2D eigenvalue weighted by Gasteiger charge is -2.32. The van der Waals surface area contributed by atoms with Crippen molar-refractivity contribution in [3.8, 4) is 5.75 Å². The molecule has 0 spiro atoms. The van der Waals surface area contributed by atoms with E-state index < -0.39 is 18.3 Å². The van der Waals surface area contributed by atoms with Gasteiger partial charge >= 0.3 is 7.12 Å². The van der Waals surface area contributed by atoms with Gasteiger partial charge < -0.3 is 19.8 Å². The summed E-state index contributed by atoms with van der Waals surface area (Å²) in [5.41, 5.74) is 6.66. The normalized spacial score (nSPS) is 19.4. The van der Waals surface area contributed by atoms with Crippen LogP contribution in [0.1, 0.15) is 46.3 Å². The Kier molecular flexibility index (Phi) is 4.71. The molecule has 1 unspecified atom stereocenters. The van der Waals surface area contributed by atoms with E-state index in [1.165, 1.54) is 12.1 Å². The molecule has 3 rings (SSSR count). The van der Waals surface area contributed by atoms with Crippen molar-refractivity contribution in [1.82, 2.24) is 4.98 Å². The first-order valence-corrected chi connectivity index (χ1v) is 8.62. The maximum absolute atomic E-state index is 13.1. The van der Waals surface area contributed by atoms with Crippen LogP contribution in [0.15, 0.2) is 36.5 Å². The Bertz CT molecular complexity index is 780. The molecule has 1 aliphatic rings. The van der Waals surface area contributed by atoms with Crippen molar-refractivity contribution in [2.75, 3.05) is 5.73 Å². The number of nitrogens with zero attached hydrogens (tertiary/aromatic N) is 1. The van der Waals surface area contributed by atoms with Gasteiger partial charge in [0.2, 0.25) is 0 Å². The number of nitrogen functional groups attached to an aromatic ring is 1. The molecule has 0 radical (unpaired) electrons. The van der Waals surface area contributed by atoms with Crippen molar-refractivity contribution >= 4 is 18.4 Å². The third kappa shape index (κ3) is 3.55. The van der Waals surface area contributed by atoms with Crippen molar-refractivity contribution in [3.63, 3.8) is 0 Å². The fourth-order valence-electron chi connectivity index (χ4n) is 2.67. The second-order valence-electron chi connectivity index (χ2n) is 7.55. The van der Waals surface area contributed by atoms with E-state index in [2.05, 4.69) is 4.98 Å². The van der Waals surface area contributed by atoms with E-state index in [1.54, 1.807) is 24.4 Å². The maximum Gasteiger partial charge on any atom is 0.496 e. The largest absolute Gasteiger partial charge is 0.496 e. The first kappa shape index (κ1) is 18.7. The van der Waals surface area contributed by atoms with Gasteiger partial charge in [0, 0.05) is 11.7 Å². The molecule has 0 bridgehead atoms. The van der Waals surface area contributed by atoms with Crippen molar-refractivity contribution in [2.24, 2.45) is 0 Å². The van der Waals surface area contributed by atoms with E-state index in [-0.39, 0.29) is 17.7 Å². The van der Waals surface area contributed by atoms with Gasteiger partial charge in [-0.2, -0.15) is 0 Å². The number of halogens is 1. The Morgan fingerprint density at radius 2 is 1.69 bits per heavy atom. The van der Waals surface area contributed by atoms with Gasteiger partial charge in [0.15, 0.2) is 11.6 Å². The van der Waals surface area contributed by atoms with Gasteiger partial charge in [-0.15, -0.1) is 0 Å². The minimum atomic E-state index is -0.545. The van der Waals surface area contributed by atoms with Crippen LogP contribution in [0.4, 0.5) is 10.2 Å². The molecular formula is C19H24BFN2O3. The lowest BCUT2D eigenvalue weighted by molar-refractivity contribution is 0.00578. The van der Waals surface area contributed by atoms with Gasteiger partial charge in [-0.25, -0.2) is 9.37 Å². The standard InChI is InChI=1S/C19H24BFN2O3/c1-12(13-6-8-15(21)9-7-13)24-16-10-14(11-23-17(16)22)20-25-18(2,3)19(4,5)26-20/h6-12H,1-5H3,(H2,22,23). The predicted molar refractivity (Wildman–Crippen MR) is 99.8 cm³/mol. The fourth-order valence-corrected chi connectivity index (χ4v) is 2.67. The average molecular weight is 358 g/mol. The summed E-state index contributed by atoms with van der Waals surface area (Å²) < 4.78 is 31.1. The van der Waals surface area contributed by atoms with E-state index >= 15 is 0 Å². The number of hydrogen-bond donors (Lipinski definition) is 1. The lowest BCUT2D eigenvalue weighted by Crippen LogP contribution is -2.41. The highest BCUT2D eigenvalue weighted by atomic mass is 19.1. The number of ether oxygens (including phenoxy) is 1. The highest BCUT2D eigenvalue weighted by molar-refractivity contribution is 6.62. The third-order valence-corrected chi connectivity index (χ3v) is 5.07. The Balaban J connectivity index is 1.81. The number of anilines is 1. The average Bonchev–Trinajstić information content (AvgIpc) is 2.78. The minimum absolute atomic E-state index is 0.277. The topological polar surface area (TPSA) is 66.6 Å². The van der Waals surface area contributed by atoms with Crippen LogP contribution in [0.2, 0.25) is 0 Å². The van der Waals surface area contributed by atoms with Gasteiger partial charge in [0.1, 0.15) is 11.9 Å². The minimum Gasteiger partial charge on any atom is -0.482 e. The number of aromatic nitrogens is 1. The van der Waals surface area contributed by atoms with E-state index in [0.717, 1.165) is 11.0 Å². The molecule has 2 aromatic rings. The molecular weight excluding hydrogens is 334 g/mol. The molecule has 0 aliphatic carbocycles. The smallest absolute Gasteiger partial charge is 0.482 e. The van der Waals surface area contributed by atoms with E-state index in [4.69, 9.17) is 19.8 Å². The highest BCUT2D eigenvalue weighted by Crippen LogP contribution is 2.37. The molecule has 26 heavy (non-hydrogen) atoms. The molecule has 2 heterocycles. The zero-order valence-electron chi connectivity index (χ0n) is 15.7. The van der Waals surface area contributed by atoms with Crippen LogP contribution in [0.25, 0.3) is 0 Å². The number of nitrogens with two attached hydrogens (primary N) is 1. The van der Waals surface area contributed by atoms with E-state index in [0.29, 0.717) is 5.75 Å². The predicted octanol–water partition coefficient (Wildman–Crippen LogP) is 3.24. The van der Waals surface area contributed by atoms with Gasteiger partial charge in [-0.3, -0.25) is 0 Å². The summed E-state index contributed by atoms with van der Waals surface area (Å²) >= 11 is 0. The summed E-state index contributed by atoms with van der Waals surface area (Å²) in [5, 5.41) is 0. The molecule has 5 nitrogen and oxygen atoms in total. The van der Waals surface area contributed by atoms with Crippen LogP contribution in [0.3, 0.4) is 0 Å². The third-order valence-electron chi connectivity index (χ3n) is 5.07. The van der Waals surface area contributed by atoms with Gasteiger partial charge in [-0.1, -0.05) is 12.1 Å². The van der Waals surface area contributed by atoms with Crippen LogP contribution in [-0.2, 0) is 9.31 Å². The molecule has 1 aromatic carbocycles. The first-order chi connectivity index (χ1) is 12.1. The zero-order valence-corrected chi connectivity index (χ0v) is 15.7. The number of hydrogen-bond acceptors (Lipinski definition) is 5. The SMILES string of the molecule is CC(Oc1cc(B2OC(C)(C)C(C)(C)O2)cnc1N)c1ccc(F)cc1. The molecule has 1 aromatic heterocycles. The summed E-state index contributed by atoms with van der Waals surface area (Å²) in [7, 11) is -0.545. The highest BCUT2D eigenvalue weighted by Gasteiger charge is 2.52. The van der Waals surface area contributed by atoms with E-state index in [9.17, 15) is 4.39 Å². The summed E-state index contributed by atoms with van der Waals surface area (Å²) in [5.74, 6) is 0.429. The summed E-state index contributed by atoms with van der Waals surface area (Å²) in [6.07, 6.45) is 1.32. The van der Waals surface area contributed by atoms with Crippen molar-refractivity contribution in [1.29, 1.82) is 0 Å². The van der Waals surface area contributed by atoms with Gasteiger partial charge in [-0.05, 0) is 58.4 Å². The molecule has 0 saturated carbocycles. The Morgan fingerprint density at radius 3 is 2.27 bits per heavy atom. The van der Waals surface area contributed by atoms with E-state index in [1.807, 2.05) is 34.6 Å². The van der Waals surface area contributed by atoms with Crippen LogP contribution in [-0.4, -0.2) is 23.3 Å². The fraction of sp³-hybridized carbons (Fsp3) is 0.421. The Hall–Kier alpha value is -2.12. The number of pyridine rings is 1. The number of benzene rings is 1. The van der Waals surface area contributed by atoms with Gasteiger partial charge in [0.05, 0.1) is 11.2 Å². The molecule has 2 N–H and O–H groups in total. The molecule has 1 fully saturated rings. The van der Waals surface area contributed by atoms with Crippen molar-refractivity contribution in [3.05, 3.63) is 47.9 Å². The van der Waals surface area contributed by atoms with Crippen LogP contribution < -0.4 is 15.9 Å². The summed E-state index contributed by atoms with van der Waals surface area (Å²) in [6, 6.07) is 7.95. The summed E-state index contributed by atoms with van der Waals surface area (Å²) in [6.45, 7) is 9.84. The van der Waals surface area contributed by atoms with Crippen molar-refractivity contribution < 1.29 is 18.4 Å². The maximum atomic E-state index is 13.1. The molecule has 138 valence electrons. The van der Waals surface area contributed by atoms with Crippen LogP contribution >= 0.6 is 0 Å². The Morgan fingerprint density at radius 1 is 1.12 bits per heavy atom. The quantitative estimate of drug-likeness (QED) is 0.850. The van der Waals surface area contributed by atoms with Crippen LogP contribution in [0.5, 0.6) is 5.75 Å². The second kappa shape index (κ2) is 6.56. The van der Waals surface area contributed by atoms with Crippen molar-refractivity contribution in [2.45, 2.75) is 51.9 Å². The number of rotatable bonds is 4. The monoisotopic (exact) mass is 358 g/mol. The molecule has 0 amide bonds. The summed E-state index contributed by atoms with van der Waals surface area (Å²) in [4.78, 5) is 4.21. The Labute approximate surface area is 153 Å². The van der Waals surface area contributed by atoms with Gasteiger partial charge in [0.25, 0.3) is 0 Å². The molecule has 1 atom stereocenters. The first-order valence-electron chi connectivity index (χ1n) is 8.62. The van der Waals surface area contributed by atoms with Crippen LogP contribution in [0, 0.1) is 5.82 Å². The molecule has 7 heteroatoms. The zero-order chi connectivity index (χ0) is 19.1.